The number of nitrogens with one attached hydrogen (secondary N) is 1. The van der Waals surface area contributed by atoms with E-state index in [2.05, 4.69) is 5.32 Å². The lowest BCUT2D eigenvalue weighted by molar-refractivity contribution is -0.122. The molecular weight excluding hydrogens is 381 g/mol. The number of carbonyl (C=O) groups is 2. The Morgan fingerprint density at radius 2 is 1.89 bits per heavy atom. The molecule has 0 fully saturated rings. The van der Waals surface area contributed by atoms with Crippen molar-refractivity contribution in [2.75, 3.05) is 11.9 Å². The maximum Gasteiger partial charge on any atom is 0.341 e. The lowest BCUT2D eigenvalue weighted by atomic mass is 9.95. The van der Waals surface area contributed by atoms with Gasteiger partial charge in [-0.3, -0.25) is 4.79 Å². The van der Waals surface area contributed by atoms with Gasteiger partial charge in [-0.1, -0.05) is 6.92 Å². The molecule has 0 spiro atoms. The van der Waals surface area contributed by atoms with Gasteiger partial charge in [-0.25, -0.2) is 9.18 Å². The van der Waals surface area contributed by atoms with Gasteiger partial charge < -0.3 is 14.8 Å². The fraction of sp³-hybridized carbons (Fsp3) is 0.429. The van der Waals surface area contributed by atoms with E-state index < -0.39 is 12.1 Å². The first-order valence-electron chi connectivity index (χ1n) is 9.58. The SMILES string of the molecule is CCOC(=O)c1c(NC(=O)[C@@H](CC)Oc2ccc(F)cc2)sc2c1CCCC2. The average Bonchev–Trinajstić information content (AvgIpc) is 3.05. The second kappa shape index (κ2) is 9.19. The van der Waals surface area contributed by atoms with Crippen LogP contribution in [-0.2, 0) is 22.4 Å². The van der Waals surface area contributed by atoms with Crippen LogP contribution in [0.5, 0.6) is 5.75 Å². The predicted octanol–water partition coefficient (Wildman–Crippen LogP) is 4.74. The normalized spacial score (nSPS) is 14.1. The molecule has 1 N–H and O–H groups in total. The van der Waals surface area contributed by atoms with Crippen LogP contribution in [0.25, 0.3) is 0 Å². The molecule has 1 aromatic heterocycles. The van der Waals surface area contributed by atoms with E-state index in [1.165, 1.54) is 35.6 Å². The van der Waals surface area contributed by atoms with Gasteiger partial charge >= 0.3 is 5.97 Å². The third-order valence-electron chi connectivity index (χ3n) is 4.64. The maximum absolute atomic E-state index is 13.1. The molecular formula is C21H24FNO4S. The highest BCUT2D eigenvalue weighted by atomic mass is 32.1. The van der Waals surface area contributed by atoms with Gasteiger partial charge in [0.05, 0.1) is 12.2 Å². The zero-order valence-electron chi connectivity index (χ0n) is 16.0. The number of amides is 1. The molecule has 1 aromatic carbocycles. The van der Waals surface area contributed by atoms with Gasteiger partial charge in [-0.2, -0.15) is 0 Å². The van der Waals surface area contributed by atoms with Crippen LogP contribution in [0.1, 0.15) is 53.9 Å². The summed E-state index contributed by atoms with van der Waals surface area (Å²) in [7, 11) is 0. The highest BCUT2D eigenvalue weighted by Gasteiger charge is 2.29. The molecule has 28 heavy (non-hydrogen) atoms. The number of esters is 1. The number of fused-ring (bicyclic) bond motifs is 1. The summed E-state index contributed by atoms with van der Waals surface area (Å²) in [6.07, 6.45) is 3.51. The van der Waals surface area contributed by atoms with Gasteiger partial charge in [-0.15, -0.1) is 11.3 Å². The van der Waals surface area contributed by atoms with Crippen LogP contribution in [0.15, 0.2) is 24.3 Å². The van der Waals surface area contributed by atoms with Crippen molar-refractivity contribution in [2.24, 2.45) is 0 Å². The summed E-state index contributed by atoms with van der Waals surface area (Å²) in [5, 5.41) is 3.39. The summed E-state index contributed by atoms with van der Waals surface area (Å²) in [5.74, 6) is -0.687. The highest BCUT2D eigenvalue weighted by Crippen LogP contribution is 2.38. The Balaban J connectivity index is 1.80. The van der Waals surface area contributed by atoms with Crippen molar-refractivity contribution < 1.29 is 23.5 Å². The van der Waals surface area contributed by atoms with Crippen molar-refractivity contribution in [3.63, 3.8) is 0 Å². The van der Waals surface area contributed by atoms with Crippen LogP contribution < -0.4 is 10.1 Å². The fourth-order valence-corrected chi connectivity index (χ4v) is 4.55. The smallest absolute Gasteiger partial charge is 0.341 e. The molecule has 2 aromatic rings. The molecule has 1 atom stereocenters. The van der Waals surface area contributed by atoms with E-state index in [0.717, 1.165) is 36.1 Å². The molecule has 0 unspecified atom stereocenters. The molecule has 0 radical (unpaired) electrons. The molecule has 3 rings (SSSR count). The molecule has 5 nitrogen and oxygen atoms in total. The molecule has 7 heteroatoms. The Labute approximate surface area is 167 Å². The van der Waals surface area contributed by atoms with E-state index in [9.17, 15) is 14.0 Å². The number of carbonyl (C=O) groups excluding carboxylic acids is 2. The van der Waals surface area contributed by atoms with E-state index in [4.69, 9.17) is 9.47 Å². The van der Waals surface area contributed by atoms with Crippen molar-refractivity contribution in [2.45, 2.75) is 52.1 Å². The second-order valence-corrected chi connectivity index (χ2v) is 7.70. The van der Waals surface area contributed by atoms with Crippen molar-refractivity contribution in [1.82, 2.24) is 0 Å². The first-order valence-corrected chi connectivity index (χ1v) is 10.4. The molecule has 150 valence electrons. The lowest BCUT2D eigenvalue weighted by Gasteiger charge is -2.17. The monoisotopic (exact) mass is 405 g/mol. The molecule has 1 aliphatic rings. The Hall–Kier alpha value is -2.41. The van der Waals surface area contributed by atoms with E-state index in [0.29, 0.717) is 22.7 Å². The van der Waals surface area contributed by atoms with Crippen LogP contribution in [0.3, 0.4) is 0 Å². The molecule has 1 amide bonds. The quantitative estimate of drug-likeness (QED) is 0.676. The van der Waals surface area contributed by atoms with Crippen LogP contribution in [0.4, 0.5) is 9.39 Å². The Bertz CT molecular complexity index is 847. The number of aryl methyl sites for hydroxylation is 1. The van der Waals surface area contributed by atoms with Gasteiger partial charge in [-0.05, 0) is 68.9 Å². The molecule has 0 saturated carbocycles. The van der Waals surface area contributed by atoms with Crippen molar-refractivity contribution in [3.05, 3.63) is 46.1 Å². The Morgan fingerprint density at radius 1 is 1.18 bits per heavy atom. The Kier molecular flexibility index (Phi) is 6.67. The number of thiophene rings is 1. The lowest BCUT2D eigenvalue weighted by Crippen LogP contribution is -2.32. The largest absolute Gasteiger partial charge is 0.481 e. The summed E-state index contributed by atoms with van der Waals surface area (Å²) in [6.45, 7) is 3.88. The minimum Gasteiger partial charge on any atom is -0.481 e. The number of hydrogen-bond acceptors (Lipinski definition) is 5. The number of benzene rings is 1. The van der Waals surface area contributed by atoms with Crippen molar-refractivity contribution in [3.8, 4) is 5.75 Å². The number of halogens is 1. The van der Waals surface area contributed by atoms with E-state index >= 15 is 0 Å². The average molecular weight is 405 g/mol. The number of rotatable bonds is 7. The summed E-state index contributed by atoms with van der Waals surface area (Å²) >= 11 is 1.44. The highest BCUT2D eigenvalue weighted by molar-refractivity contribution is 7.17. The maximum atomic E-state index is 13.1. The number of ether oxygens (including phenoxy) is 2. The van der Waals surface area contributed by atoms with Crippen molar-refractivity contribution in [1.29, 1.82) is 0 Å². The first-order chi connectivity index (χ1) is 13.5. The molecule has 0 saturated heterocycles. The first kappa shape index (κ1) is 20.3. The zero-order chi connectivity index (χ0) is 20.1. The van der Waals surface area contributed by atoms with Crippen molar-refractivity contribution >= 4 is 28.2 Å². The summed E-state index contributed by atoms with van der Waals surface area (Å²) in [4.78, 5) is 26.4. The molecule has 1 aliphatic carbocycles. The molecule has 1 heterocycles. The van der Waals surface area contributed by atoms with Crippen LogP contribution >= 0.6 is 11.3 Å². The fourth-order valence-electron chi connectivity index (χ4n) is 3.27. The second-order valence-electron chi connectivity index (χ2n) is 6.59. The molecule has 0 bridgehead atoms. The van der Waals surface area contributed by atoms with Gasteiger partial charge in [0.25, 0.3) is 5.91 Å². The van der Waals surface area contributed by atoms with Crippen LogP contribution in [0.2, 0.25) is 0 Å². The standard InChI is InChI=1S/C21H24FNO4S/c1-3-16(27-14-11-9-13(22)10-12-14)19(24)23-20-18(21(25)26-4-2)15-7-5-6-8-17(15)28-20/h9-12,16H,3-8H2,1-2H3,(H,23,24)/t16-/m1/s1. The van der Waals surface area contributed by atoms with E-state index in [1.807, 2.05) is 6.92 Å². The Morgan fingerprint density at radius 3 is 2.57 bits per heavy atom. The minimum absolute atomic E-state index is 0.280. The minimum atomic E-state index is -0.750. The van der Waals surface area contributed by atoms with E-state index in [-0.39, 0.29) is 18.3 Å². The predicted molar refractivity (Wildman–Crippen MR) is 107 cm³/mol. The third kappa shape index (κ3) is 4.52. The van der Waals surface area contributed by atoms with Crippen LogP contribution in [-0.4, -0.2) is 24.6 Å². The van der Waals surface area contributed by atoms with Gasteiger partial charge in [0.2, 0.25) is 0 Å². The van der Waals surface area contributed by atoms with Gasteiger partial charge in [0, 0.05) is 4.88 Å². The number of hydrogen-bond donors (Lipinski definition) is 1. The molecule has 0 aliphatic heterocycles. The van der Waals surface area contributed by atoms with Gasteiger partial charge in [0.15, 0.2) is 6.10 Å². The van der Waals surface area contributed by atoms with Crippen LogP contribution in [0, 0.1) is 5.82 Å². The summed E-state index contributed by atoms with van der Waals surface area (Å²) < 4.78 is 24.0. The zero-order valence-corrected chi connectivity index (χ0v) is 16.9. The van der Waals surface area contributed by atoms with Gasteiger partial charge in [0.1, 0.15) is 16.6 Å². The number of anilines is 1. The summed E-state index contributed by atoms with van der Waals surface area (Å²) in [5.41, 5.74) is 1.48. The van der Waals surface area contributed by atoms with E-state index in [1.54, 1.807) is 6.92 Å². The third-order valence-corrected chi connectivity index (χ3v) is 5.85. The topological polar surface area (TPSA) is 64.6 Å². The summed E-state index contributed by atoms with van der Waals surface area (Å²) in [6, 6.07) is 5.54.